The third-order valence-corrected chi connectivity index (χ3v) is 6.43. The van der Waals surface area contributed by atoms with Gasteiger partial charge >= 0.3 is 5.97 Å². The molecule has 3 fully saturated rings. The Hall–Kier alpha value is -0.790. The molecule has 3 aliphatic rings. The van der Waals surface area contributed by atoms with E-state index in [-0.39, 0.29) is 17.0 Å². The molecule has 0 aliphatic heterocycles. The fourth-order valence-corrected chi connectivity index (χ4v) is 6.16. The third kappa shape index (κ3) is 2.86. The highest BCUT2D eigenvalue weighted by Crippen LogP contribution is 2.59. The highest BCUT2D eigenvalue weighted by atomic mass is 16.6. The summed E-state index contributed by atoms with van der Waals surface area (Å²) in [5.74, 6) is 2.70. The van der Waals surface area contributed by atoms with Crippen LogP contribution >= 0.6 is 0 Å². The van der Waals surface area contributed by atoms with Gasteiger partial charge in [0.25, 0.3) is 0 Å². The van der Waals surface area contributed by atoms with Crippen LogP contribution in [0, 0.1) is 29.1 Å². The summed E-state index contributed by atoms with van der Waals surface area (Å²) < 4.78 is 6.24. The van der Waals surface area contributed by atoms with Gasteiger partial charge in [-0.3, -0.25) is 0 Å². The van der Waals surface area contributed by atoms with Crippen molar-refractivity contribution in [2.24, 2.45) is 29.1 Å². The van der Waals surface area contributed by atoms with Crippen LogP contribution in [0.1, 0.15) is 72.6 Å². The van der Waals surface area contributed by atoms with E-state index in [1.54, 1.807) is 6.92 Å². The van der Waals surface area contributed by atoms with E-state index in [9.17, 15) is 4.79 Å². The highest BCUT2D eigenvalue weighted by Gasteiger charge is 2.56. The molecule has 3 aliphatic carbocycles. The van der Waals surface area contributed by atoms with Crippen molar-refractivity contribution in [3.8, 4) is 0 Å². The average molecular weight is 304 g/mol. The van der Waals surface area contributed by atoms with Crippen LogP contribution in [0.5, 0.6) is 0 Å². The Labute approximate surface area is 135 Å². The SMILES string of the molecule is C=C(C)C(=O)OC1(C2CC3CCC2C3)CC(C)CC(C)(C)C1. The lowest BCUT2D eigenvalue weighted by Crippen LogP contribution is -2.52. The van der Waals surface area contributed by atoms with Crippen molar-refractivity contribution in [3.05, 3.63) is 12.2 Å². The molecule has 0 radical (unpaired) electrons. The van der Waals surface area contributed by atoms with Crippen molar-refractivity contribution in [1.29, 1.82) is 0 Å². The standard InChI is InChI=1S/C20H32O2/c1-13(2)18(21)22-20(11-14(3)10-19(4,5)12-20)17-9-15-6-7-16(17)8-15/h14-17H,1,6-12H2,2-5H3. The minimum absolute atomic E-state index is 0.173. The molecule has 2 heteroatoms. The molecule has 0 spiro atoms. The summed E-state index contributed by atoms with van der Waals surface area (Å²) >= 11 is 0. The predicted molar refractivity (Wildman–Crippen MR) is 89.4 cm³/mol. The van der Waals surface area contributed by atoms with Crippen LogP contribution in [0.3, 0.4) is 0 Å². The maximum absolute atomic E-state index is 12.4. The lowest BCUT2D eigenvalue weighted by atomic mass is 9.59. The van der Waals surface area contributed by atoms with E-state index in [0.717, 1.165) is 24.7 Å². The fraction of sp³-hybridized carbons (Fsp3) is 0.850. The molecule has 0 aromatic rings. The Morgan fingerprint density at radius 1 is 1.18 bits per heavy atom. The number of carbonyl (C=O) groups excluding carboxylic acids is 1. The number of hydrogen-bond acceptors (Lipinski definition) is 2. The maximum atomic E-state index is 12.4. The molecule has 0 heterocycles. The molecule has 22 heavy (non-hydrogen) atoms. The molecule has 2 nitrogen and oxygen atoms in total. The summed E-state index contributed by atoms with van der Waals surface area (Å²) in [6, 6.07) is 0. The first-order valence-corrected chi connectivity index (χ1v) is 9.10. The van der Waals surface area contributed by atoms with E-state index in [2.05, 4.69) is 27.4 Å². The number of ether oxygens (including phenoxy) is 1. The van der Waals surface area contributed by atoms with Crippen molar-refractivity contribution >= 4 is 5.97 Å². The van der Waals surface area contributed by atoms with Crippen molar-refractivity contribution in [2.45, 2.75) is 78.2 Å². The average Bonchev–Trinajstić information content (AvgIpc) is 2.98. The monoisotopic (exact) mass is 304 g/mol. The molecule has 2 bridgehead atoms. The summed E-state index contributed by atoms with van der Waals surface area (Å²) in [5.41, 5.74) is 0.560. The van der Waals surface area contributed by atoms with Crippen molar-refractivity contribution in [3.63, 3.8) is 0 Å². The number of hydrogen-bond donors (Lipinski definition) is 0. The summed E-state index contributed by atoms with van der Waals surface area (Å²) in [6.07, 6.45) is 8.69. The van der Waals surface area contributed by atoms with Gasteiger partial charge in [-0.15, -0.1) is 0 Å². The van der Waals surface area contributed by atoms with Crippen LogP contribution in [-0.2, 0) is 9.53 Å². The first-order chi connectivity index (χ1) is 10.2. The number of carbonyl (C=O) groups is 1. The fourth-order valence-electron chi connectivity index (χ4n) is 6.16. The molecule has 3 rings (SSSR count). The summed E-state index contributed by atoms with van der Waals surface area (Å²) in [7, 11) is 0. The van der Waals surface area contributed by atoms with Gasteiger partial charge in [0.1, 0.15) is 5.60 Å². The second kappa shape index (κ2) is 5.39. The van der Waals surface area contributed by atoms with Crippen molar-refractivity contribution in [1.82, 2.24) is 0 Å². The lowest BCUT2D eigenvalue weighted by molar-refractivity contribution is -0.180. The molecule has 0 N–H and O–H groups in total. The van der Waals surface area contributed by atoms with Crippen LogP contribution in [0.4, 0.5) is 0 Å². The predicted octanol–water partition coefficient (Wildman–Crippen LogP) is 5.13. The van der Waals surface area contributed by atoms with E-state index >= 15 is 0 Å². The van der Waals surface area contributed by atoms with Gasteiger partial charge in [0.2, 0.25) is 0 Å². The summed E-state index contributed by atoms with van der Waals surface area (Å²) in [5, 5.41) is 0. The third-order valence-electron chi connectivity index (χ3n) is 6.43. The normalized spacial score (nSPS) is 43.1. The zero-order valence-electron chi connectivity index (χ0n) is 14.8. The number of rotatable bonds is 3. The van der Waals surface area contributed by atoms with E-state index < -0.39 is 0 Å². The molecular weight excluding hydrogens is 272 g/mol. The molecule has 124 valence electrons. The zero-order chi connectivity index (χ0) is 16.1. The molecule has 0 saturated heterocycles. The van der Waals surface area contributed by atoms with Crippen LogP contribution in [0.25, 0.3) is 0 Å². The van der Waals surface area contributed by atoms with Crippen LogP contribution < -0.4 is 0 Å². The van der Waals surface area contributed by atoms with Gasteiger partial charge in [0, 0.05) is 11.5 Å². The van der Waals surface area contributed by atoms with Gasteiger partial charge in [-0.05, 0) is 68.6 Å². The number of fused-ring (bicyclic) bond motifs is 2. The largest absolute Gasteiger partial charge is 0.455 e. The molecule has 5 unspecified atom stereocenters. The quantitative estimate of drug-likeness (QED) is 0.534. The van der Waals surface area contributed by atoms with Crippen molar-refractivity contribution < 1.29 is 9.53 Å². The number of esters is 1. The van der Waals surface area contributed by atoms with E-state index in [0.29, 0.717) is 17.4 Å². The van der Waals surface area contributed by atoms with Gasteiger partial charge in [0.15, 0.2) is 0 Å². The molecule has 5 atom stereocenters. The Balaban J connectivity index is 1.91. The molecule has 3 saturated carbocycles. The minimum atomic E-state index is -0.239. The second-order valence-electron chi connectivity index (χ2n) is 9.37. The molecule has 0 aromatic heterocycles. The van der Waals surface area contributed by atoms with E-state index in [1.807, 2.05) is 0 Å². The second-order valence-corrected chi connectivity index (χ2v) is 9.37. The molecular formula is C20H32O2. The smallest absolute Gasteiger partial charge is 0.333 e. The van der Waals surface area contributed by atoms with Crippen LogP contribution in [0.15, 0.2) is 12.2 Å². The minimum Gasteiger partial charge on any atom is -0.455 e. The van der Waals surface area contributed by atoms with E-state index in [1.165, 1.54) is 32.1 Å². The Bertz CT molecular complexity index is 478. The maximum Gasteiger partial charge on any atom is 0.333 e. The van der Waals surface area contributed by atoms with Gasteiger partial charge in [-0.1, -0.05) is 33.8 Å². The van der Waals surface area contributed by atoms with Gasteiger partial charge in [-0.2, -0.15) is 0 Å². The lowest BCUT2D eigenvalue weighted by Gasteiger charge is -2.51. The van der Waals surface area contributed by atoms with Crippen LogP contribution in [-0.4, -0.2) is 11.6 Å². The Morgan fingerprint density at radius 2 is 1.91 bits per heavy atom. The highest BCUT2D eigenvalue weighted by molar-refractivity contribution is 5.87. The topological polar surface area (TPSA) is 26.3 Å². The van der Waals surface area contributed by atoms with Gasteiger partial charge in [-0.25, -0.2) is 4.79 Å². The zero-order valence-corrected chi connectivity index (χ0v) is 14.8. The van der Waals surface area contributed by atoms with Gasteiger partial charge in [0.05, 0.1) is 0 Å². The van der Waals surface area contributed by atoms with E-state index in [4.69, 9.17) is 4.74 Å². The Kier molecular flexibility index (Phi) is 3.94. The Morgan fingerprint density at radius 3 is 2.41 bits per heavy atom. The summed E-state index contributed by atoms with van der Waals surface area (Å²) in [4.78, 5) is 12.4. The van der Waals surface area contributed by atoms with Crippen molar-refractivity contribution in [2.75, 3.05) is 0 Å². The molecule has 0 amide bonds. The first kappa shape index (κ1) is 16.1. The first-order valence-electron chi connectivity index (χ1n) is 9.10. The summed E-state index contributed by atoms with van der Waals surface area (Å²) in [6.45, 7) is 12.6. The van der Waals surface area contributed by atoms with Crippen LogP contribution in [0.2, 0.25) is 0 Å². The molecule has 0 aromatic carbocycles. The van der Waals surface area contributed by atoms with Gasteiger partial charge < -0.3 is 4.74 Å².